The zero-order valence-corrected chi connectivity index (χ0v) is 17.9. The van der Waals surface area contributed by atoms with Gasteiger partial charge < -0.3 is 9.42 Å². The molecule has 0 saturated carbocycles. The van der Waals surface area contributed by atoms with Gasteiger partial charge >= 0.3 is 0 Å². The number of anilines is 1. The number of carbonyl (C=O) groups is 1. The highest BCUT2D eigenvalue weighted by Crippen LogP contribution is 2.32. The van der Waals surface area contributed by atoms with Gasteiger partial charge in [0, 0.05) is 18.3 Å². The van der Waals surface area contributed by atoms with Crippen molar-refractivity contribution in [2.75, 3.05) is 4.90 Å². The van der Waals surface area contributed by atoms with Crippen LogP contribution in [0.4, 0.5) is 5.69 Å². The van der Waals surface area contributed by atoms with Crippen molar-refractivity contribution >= 4 is 11.6 Å². The van der Waals surface area contributed by atoms with E-state index in [2.05, 4.69) is 40.3 Å². The Kier molecular flexibility index (Phi) is 5.44. The maximum absolute atomic E-state index is 13.2. The molecule has 1 atom stereocenters. The topological polar surface area (TPSA) is 67.4 Å². The van der Waals surface area contributed by atoms with Gasteiger partial charge in [-0.1, -0.05) is 42.4 Å². The molecule has 0 N–H and O–H groups in total. The first kappa shape index (κ1) is 19.9. The number of allylic oxidation sites excluding steroid dienone is 1. The summed E-state index contributed by atoms with van der Waals surface area (Å²) < 4.78 is 7.08. The Labute approximate surface area is 176 Å². The van der Waals surface area contributed by atoms with Gasteiger partial charge in [0.2, 0.25) is 0 Å². The molecule has 1 aromatic carbocycles. The number of carbonyl (C=O) groups excluding carboxylic acids is 1. The molecular formula is C23H27N5O2. The van der Waals surface area contributed by atoms with Crippen molar-refractivity contribution in [3.05, 3.63) is 77.2 Å². The number of aromatic nitrogens is 3. The van der Waals surface area contributed by atoms with E-state index in [0.717, 1.165) is 34.9 Å². The lowest BCUT2D eigenvalue weighted by molar-refractivity contribution is -0.119. The zero-order valence-electron chi connectivity index (χ0n) is 17.9. The average molecular weight is 406 g/mol. The van der Waals surface area contributed by atoms with Gasteiger partial charge in [-0.25, -0.2) is 0 Å². The fourth-order valence-corrected chi connectivity index (χ4v) is 3.85. The quantitative estimate of drug-likeness (QED) is 0.620. The van der Waals surface area contributed by atoms with Crippen LogP contribution in [0.2, 0.25) is 0 Å². The lowest BCUT2D eigenvalue weighted by atomic mass is 10.2. The minimum Gasteiger partial charge on any atom is -0.361 e. The number of aryl methyl sites for hydroxylation is 2. The van der Waals surface area contributed by atoms with Gasteiger partial charge in [-0.05, 0) is 38.8 Å². The highest BCUT2D eigenvalue weighted by molar-refractivity contribution is 6.02. The van der Waals surface area contributed by atoms with Gasteiger partial charge in [-0.15, -0.1) is 0 Å². The third kappa shape index (κ3) is 3.63. The molecular weight excluding hydrogens is 378 g/mol. The summed E-state index contributed by atoms with van der Waals surface area (Å²) in [5.41, 5.74) is 3.82. The summed E-state index contributed by atoms with van der Waals surface area (Å²) in [7, 11) is 0. The lowest BCUT2D eigenvalue weighted by Gasteiger charge is -2.24. The molecule has 2 aromatic heterocycles. The number of amides is 1. The number of nitrogens with zero attached hydrogens (tertiary/aromatic N) is 5. The standard InChI is InChI=1S/C23H27N5O2/c1-5-9-22-27(13-19-10-7-6-8-11-19)17(3)23(29)28(22)20-12-24-26(14-20)15-21-16(2)25-30-18(21)4/h6-12,14,17H,5,13,15H2,1-4H3/b22-9-. The van der Waals surface area contributed by atoms with E-state index < -0.39 is 0 Å². The van der Waals surface area contributed by atoms with E-state index >= 15 is 0 Å². The van der Waals surface area contributed by atoms with Gasteiger partial charge in [-0.3, -0.25) is 14.4 Å². The van der Waals surface area contributed by atoms with E-state index in [9.17, 15) is 4.79 Å². The van der Waals surface area contributed by atoms with Crippen LogP contribution in [0.3, 0.4) is 0 Å². The molecule has 7 nitrogen and oxygen atoms in total. The van der Waals surface area contributed by atoms with Crippen LogP contribution in [0.5, 0.6) is 0 Å². The molecule has 4 rings (SSSR count). The summed E-state index contributed by atoms with van der Waals surface area (Å²) in [6.07, 6.45) is 6.60. The van der Waals surface area contributed by atoms with Crippen molar-refractivity contribution in [1.29, 1.82) is 0 Å². The molecule has 0 spiro atoms. The minimum absolute atomic E-state index is 0.0579. The minimum atomic E-state index is -0.242. The van der Waals surface area contributed by atoms with Crippen LogP contribution < -0.4 is 4.90 Å². The molecule has 3 aromatic rings. The molecule has 7 heteroatoms. The molecule has 1 aliphatic rings. The zero-order chi connectivity index (χ0) is 21.3. The van der Waals surface area contributed by atoms with E-state index in [-0.39, 0.29) is 11.9 Å². The number of benzene rings is 1. The van der Waals surface area contributed by atoms with Crippen LogP contribution in [-0.4, -0.2) is 31.8 Å². The Morgan fingerprint density at radius 3 is 2.60 bits per heavy atom. The monoisotopic (exact) mass is 405 g/mol. The van der Waals surface area contributed by atoms with E-state index in [0.29, 0.717) is 13.1 Å². The highest BCUT2D eigenvalue weighted by atomic mass is 16.5. The molecule has 156 valence electrons. The predicted octanol–water partition coefficient (Wildman–Crippen LogP) is 4.02. The predicted molar refractivity (Wildman–Crippen MR) is 115 cm³/mol. The summed E-state index contributed by atoms with van der Waals surface area (Å²) in [4.78, 5) is 17.2. The molecule has 1 aliphatic heterocycles. The van der Waals surface area contributed by atoms with Crippen molar-refractivity contribution in [1.82, 2.24) is 19.8 Å². The van der Waals surface area contributed by atoms with Crippen molar-refractivity contribution < 1.29 is 9.32 Å². The summed E-state index contributed by atoms with van der Waals surface area (Å²) in [5, 5.41) is 8.50. The van der Waals surface area contributed by atoms with Crippen LogP contribution in [0, 0.1) is 13.8 Å². The van der Waals surface area contributed by atoms with Gasteiger partial charge in [0.05, 0.1) is 24.1 Å². The van der Waals surface area contributed by atoms with E-state index in [4.69, 9.17) is 4.52 Å². The summed E-state index contributed by atoms with van der Waals surface area (Å²) in [5.74, 6) is 1.76. The van der Waals surface area contributed by atoms with Crippen molar-refractivity contribution in [2.45, 2.75) is 53.2 Å². The molecule has 1 saturated heterocycles. The van der Waals surface area contributed by atoms with E-state index in [1.165, 1.54) is 5.56 Å². The molecule has 3 heterocycles. The Morgan fingerprint density at radius 1 is 1.17 bits per heavy atom. The third-order valence-electron chi connectivity index (χ3n) is 5.53. The van der Waals surface area contributed by atoms with Crippen molar-refractivity contribution in [3.8, 4) is 0 Å². The molecule has 30 heavy (non-hydrogen) atoms. The Bertz CT molecular complexity index is 1050. The van der Waals surface area contributed by atoms with Crippen LogP contribution in [0.1, 0.15) is 42.8 Å². The maximum Gasteiger partial charge on any atom is 0.255 e. The van der Waals surface area contributed by atoms with Crippen LogP contribution in [-0.2, 0) is 17.9 Å². The summed E-state index contributed by atoms with van der Waals surface area (Å²) in [6, 6.07) is 9.99. The Balaban J connectivity index is 1.62. The molecule has 0 bridgehead atoms. The van der Waals surface area contributed by atoms with Gasteiger partial charge in [-0.2, -0.15) is 5.10 Å². The average Bonchev–Trinajstić information content (AvgIpc) is 3.39. The Hall–Kier alpha value is -3.35. The van der Waals surface area contributed by atoms with Crippen molar-refractivity contribution in [2.24, 2.45) is 0 Å². The van der Waals surface area contributed by atoms with Crippen molar-refractivity contribution in [3.63, 3.8) is 0 Å². The van der Waals surface area contributed by atoms with E-state index in [1.807, 2.05) is 49.8 Å². The lowest BCUT2D eigenvalue weighted by Crippen LogP contribution is -2.29. The second-order valence-electron chi connectivity index (χ2n) is 7.63. The molecule has 0 radical (unpaired) electrons. The number of rotatable bonds is 6. The molecule has 1 amide bonds. The largest absolute Gasteiger partial charge is 0.361 e. The number of hydrogen-bond acceptors (Lipinski definition) is 5. The smallest absolute Gasteiger partial charge is 0.255 e. The van der Waals surface area contributed by atoms with Gasteiger partial charge in [0.25, 0.3) is 5.91 Å². The van der Waals surface area contributed by atoms with Gasteiger partial charge in [0.15, 0.2) is 0 Å². The summed E-state index contributed by atoms with van der Waals surface area (Å²) in [6.45, 7) is 9.10. The third-order valence-corrected chi connectivity index (χ3v) is 5.53. The van der Waals surface area contributed by atoms with Crippen LogP contribution in [0.25, 0.3) is 0 Å². The maximum atomic E-state index is 13.2. The van der Waals surface area contributed by atoms with Crippen LogP contribution >= 0.6 is 0 Å². The summed E-state index contributed by atoms with van der Waals surface area (Å²) >= 11 is 0. The molecule has 0 aliphatic carbocycles. The van der Waals surface area contributed by atoms with Crippen LogP contribution in [0.15, 0.2) is 59.1 Å². The van der Waals surface area contributed by atoms with E-state index in [1.54, 1.807) is 11.1 Å². The van der Waals surface area contributed by atoms with Gasteiger partial charge in [0.1, 0.15) is 17.6 Å². The SMILES string of the molecule is CC/C=C1\N(c2cnn(Cc3c(C)noc3C)c2)C(=O)C(C)N1Cc1ccccc1. The highest BCUT2D eigenvalue weighted by Gasteiger charge is 2.40. The first-order chi connectivity index (χ1) is 14.5. The number of hydrogen-bond donors (Lipinski definition) is 0. The normalized spacial score (nSPS) is 18.1. The second kappa shape index (κ2) is 8.18. The molecule has 1 unspecified atom stereocenters. The second-order valence-corrected chi connectivity index (χ2v) is 7.63. The first-order valence-corrected chi connectivity index (χ1v) is 10.3. The molecule has 1 fully saturated rings. The fourth-order valence-electron chi connectivity index (χ4n) is 3.85. The Morgan fingerprint density at radius 2 is 1.93 bits per heavy atom. The fraction of sp³-hybridized carbons (Fsp3) is 0.348. The first-order valence-electron chi connectivity index (χ1n) is 10.3.